The third-order valence-electron chi connectivity index (χ3n) is 1.70. The van der Waals surface area contributed by atoms with E-state index in [9.17, 15) is 0 Å². The summed E-state index contributed by atoms with van der Waals surface area (Å²) >= 11 is 0. The monoisotopic (exact) mass is 163 g/mol. The van der Waals surface area contributed by atoms with Crippen molar-refractivity contribution in [2.75, 3.05) is 13.7 Å². The molecule has 0 aromatic heterocycles. The average Bonchev–Trinajstić information content (AvgIpc) is 2.17. The van der Waals surface area contributed by atoms with E-state index in [1.165, 1.54) is 0 Å². The molecule has 0 saturated heterocycles. The first-order valence-corrected chi connectivity index (χ1v) is 3.81. The Kier molecular flexibility index (Phi) is 2.82. The molecular formula is C9H13N3. The first kappa shape index (κ1) is 8.74. The second-order valence-corrected chi connectivity index (χ2v) is 2.60. The van der Waals surface area contributed by atoms with E-state index in [4.69, 9.17) is 11.1 Å². The molecule has 0 aliphatic carbocycles. The summed E-state index contributed by atoms with van der Waals surface area (Å²) in [7, 11) is 1.80. The molecule has 0 atom stereocenters. The molecule has 3 heteroatoms. The number of hydrogen-bond acceptors (Lipinski definition) is 2. The van der Waals surface area contributed by atoms with Crippen molar-refractivity contribution in [2.45, 2.75) is 0 Å². The van der Waals surface area contributed by atoms with Crippen LogP contribution in [-0.2, 0) is 0 Å². The van der Waals surface area contributed by atoms with E-state index in [1.54, 1.807) is 11.9 Å². The van der Waals surface area contributed by atoms with Gasteiger partial charge in [0.1, 0.15) is 5.84 Å². The van der Waals surface area contributed by atoms with Gasteiger partial charge in [0.25, 0.3) is 0 Å². The summed E-state index contributed by atoms with van der Waals surface area (Å²) in [4.78, 5) is 1.69. The van der Waals surface area contributed by atoms with Crippen molar-refractivity contribution < 1.29 is 0 Å². The molecule has 3 N–H and O–H groups in total. The molecule has 0 aliphatic rings. The lowest BCUT2D eigenvalue weighted by atomic mass is 10.2. The molecule has 0 unspecified atom stereocenters. The Morgan fingerprint density at radius 3 is 2.50 bits per heavy atom. The van der Waals surface area contributed by atoms with Gasteiger partial charge in [-0.1, -0.05) is 30.3 Å². The molecule has 0 spiro atoms. The van der Waals surface area contributed by atoms with Gasteiger partial charge in [-0.3, -0.25) is 5.41 Å². The second kappa shape index (κ2) is 3.88. The standard InChI is InChI=1S/C9H13N3/c1-12(7-10)9(11)8-5-3-2-4-6-8/h2-6,11H,7,10H2,1H3. The Balaban J connectivity index is 2.79. The van der Waals surface area contributed by atoms with E-state index >= 15 is 0 Å². The zero-order chi connectivity index (χ0) is 8.97. The Labute approximate surface area is 72.3 Å². The minimum absolute atomic E-state index is 0.369. The molecular weight excluding hydrogens is 150 g/mol. The Morgan fingerprint density at radius 1 is 1.42 bits per heavy atom. The van der Waals surface area contributed by atoms with Gasteiger partial charge in [-0.05, 0) is 0 Å². The molecule has 1 aromatic carbocycles. The molecule has 0 aliphatic heterocycles. The van der Waals surface area contributed by atoms with E-state index in [1.807, 2.05) is 30.3 Å². The van der Waals surface area contributed by atoms with Gasteiger partial charge in [-0.15, -0.1) is 0 Å². The van der Waals surface area contributed by atoms with Crippen LogP contribution >= 0.6 is 0 Å². The fourth-order valence-corrected chi connectivity index (χ4v) is 0.908. The van der Waals surface area contributed by atoms with Crippen molar-refractivity contribution in [3.63, 3.8) is 0 Å². The Morgan fingerprint density at radius 2 is 2.00 bits per heavy atom. The van der Waals surface area contributed by atoms with Crippen LogP contribution in [0.5, 0.6) is 0 Å². The number of rotatable bonds is 2. The number of nitrogens with one attached hydrogen (secondary N) is 1. The zero-order valence-corrected chi connectivity index (χ0v) is 7.12. The van der Waals surface area contributed by atoms with Crippen LogP contribution in [0.1, 0.15) is 5.56 Å². The van der Waals surface area contributed by atoms with E-state index in [-0.39, 0.29) is 0 Å². The third kappa shape index (κ3) is 1.83. The van der Waals surface area contributed by atoms with Crippen molar-refractivity contribution in [1.82, 2.24) is 4.90 Å². The van der Waals surface area contributed by atoms with Crippen LogP contribution in [0.3, 0.4) is 0 Å². The normalized spacial score (nSPS) is 9.50. The van der Waals surface area contributed by atoms with E-state index in [2.05, 4.69) is 0 Å². The first-order valence-electron chi connectivity index (χ1n) is 3.81. The predicted molar refractivity (Wildman–Crippen MR) is 50.1 cm³/mol. The highest BCUT2D eigenvalue weighted by molar-refractivity contribution is 5.96. The SMILES string of the molecule is CN(CN)C(=N)c1ccccc1. The maximum atomic E-state index is 7.68. The molecule has 0 fully saturated rings. The molecule has 64 valence electrons. The molecule has 1 rings (SSSR count). The number of nitrogens with two attached hydrogens (primary N) is 1. The van der Waals surface area contributed by atoms with Gasteiger partial charge in [0, 0.05) is 12.6 Å². The van der Waals surface area contributed by atoms with Crippen LogP contribution in [0.2, 0.25) is 0 Å². The maximum absolute atomic E-state index is 7.68. The molecule has 1 aromatic rings. The summed E-state index contributed by atoms with van der Waals surface area (Å²) in [6.07, 6.45) is 0. The second-order valence-electron chi connectivity index (χ2n) is 2.60. The van der Waals surface area contributed by atoms with Crippen molar-refractivity contribution >= 4 is 5.84 Å². The van der Waals surface area contributed by atoms with Gasteiger partial charge in [0.05, 0.1) is 6.67 Å². The van der Waals surface area contributed by atoms with Crippen LogP contribution in [0.15, 0.2) is 30.3 Å². The summed E-state index contributed by atoms with van der Waals surface area (Å²) in [5.41, 5.74) is 6.29. The fraction of sp³-hybridized carbons (Fsp3) is 0.222. The van der Waals surface area contributed by atoms with Crippen LogP contribution in [0.4, 0.5) is 0 Å². The van der Waals surface area contributed by atoms with Gasteiger partial charge in [0.2, 0.25) is 0 Å². The van der Waals surface area contributed by atoms with Crippen molar-refractivity contribution in [2.24, 2.45) is 5.73 Å². The first-order chi connectivity index (χ1) is 5.75. The van der Waals surface area contributed by atoms with Crippen LogP contribution < -0.4 is 5.73 Å². The highest BCUT2D eigenvalue weighted by Gasteiger charge is 2.03. The fourth-order valence-electron chi connectivity index (χ4n) is 0.908. The molecule has 3 nitrogen and oxygen atoms in total. The smallest absolute Gasteiger partial charge is 0.128 e. The van der Waals surface area contributed by atoms with E-state index in [0.717, 1.165) is 5.56 Å². The Bertz CT molecular complexity index is 256. The van der Waals surface area contributed by atoms with Gasteiger partial charge in [0.15, 0.2) is 0 Å². The molecule has 0 saturated carbocycles. The largest absolute Gasteiger partial charge is 0.347 e. The molecule has 0 amide bonds. The van der Waals surface area contributed by atoms with E-state index < -0.39 is 0 Å². The third-order valence-corrected chi connectivity index (χ3v) is 1.70. The minimum atomic E-state index is 0.369. The van der Waals surface area contributed by atoms with Gasteiger partial charge in [-0.25, -0.2) is 0 Å². The Hall–Kier alpha value is -1.35. The highest BCUT2D eigenvalue weighted by atomic mass is 15.2. The van der Waals surface area contributed by atoms with Crippen molar-refractivity contribution in [1.29, 1.82) is 5.41 Å². The van der Waals surface area contributed by atoms with Crippen molar-refractivity contribution in [3.05, 3.63) is 35.9 Å². The number of amidine groups is 1. The van der Waals surface area contributed by atoms with Gasteiger partial charge < -0.3 is 10.6 Å². The quantitative estimate of drug-likeness (QED) is 0.386. The van der Waals surface area contributed by atoms with Crippen LogP contribution in [0.25, 0.3) is 0 Å². The van der Waals surface area contributed by atoms with Gasteiger partial charge in [-0.2, -0.15) is 0 Å². The summed E-state index contributed by atoms with van der Waals surface area (Å²) in [6.45, 7) is 0.369. The maximum Gasteiger partial charge on any atom is 0.128 e. The molecule has 0 radical (unpaired) electrons. The lowest BCUT2D eigenvalue weighted by Crippen LogP contribution is -2.32. The topological polar surface area (TPSA) is 53.1 Å². The van der Waals surface area contributed by atoms with Crippen LogP contribution in [-0.4, -0.2) is 24.5 Å². The molecule has 12 heavy (non-hydrogen) atoms. The minimum Gasteiger partial charge on any atom is -0.347 e. The lowest BCUT2D eigenvalue weighted by molar-refractivity contribution is 0.519. The summed E-state index contributed by atoms with van der Waals surface area (Å²) in [6, 6.07) is 9.55. The highest BCUT2D eigenvalue weighted by Crippen LogP contribution is 2.01. The lowest BCUT2D eigenvalue weighted by Gasteiger charge is -2.16. The summed E-state index contributed by atoms with van der Waals surface area (Å²) in [5.74, 6) is 0.457. The zero-order valence-electron chi connectivity index (χ0n) is 7.12. The van der Waals surface area contributed by atoms with Crippen molar-refractivity contribution in [3.8, 4) is 0 Å². The van der Waals surface area contributed by atoms with Gasteiger partial charge >= 0.3 is 0 Å². The number of hydrogen-bond donors (Lipinski definition) is 2. The van der Waals surface area contributed by atoms with Crippen LogP contribution in [0, 0.1) is 5.41 Å². The molecule has 0 bridgehead atoms. The van der Waals surface area contributed by atoms with E-state index in [0.29, 0.717) is 12.5 Å². The predicted octanol–water partition coefficient (Wildman–Crippen LogP) is 0.860. The molecule has 0 heterocycles. The number of benzene rings is 1. The average molecular weight is 163 g/mol. The summed E-state index contributed by atoms with van der Waals surface area (Å²) < 4.78 is 0. The number of nitrogens with zero attached hydrogens (tertiary/aromatic N) is 1. The summed E-state index contributed by atoms with van der Waals surface area (Å²) in [5, 5.41) is 7.68.